The summed E-state index contributed by atoms with van der Waals surface area (Å²) in [7, 11) is 2.15. The maximum absolute atomic E-state index is 13.0. The van der Waals surface area contributed by atoms with Gasteiger partial charge < -0.3 is 14.7 Å². The van der Waals surface area contributed by atoms with Crippen molar-refractivity contribution in [2.75, 3.05) is 51.2 Å². The molecule has 2 aliphatic rings. The van der Waals surface area contributed by atoms with Crippen molar-refractivity contribution in [3.63, 3.8) is 0 Å². The monoisotopic (exact) mass is 530 g/mol. The van der Waals surface area contributed by atoms with Crippen molar-refractivity contribution in [3.8, 4) is 28.3 Å². The van der Waals surface area contributed by atoms with Gasteiger partial charge in [0.2, 0.25) is 5.91 Å². The molecule has 2 saturated heterocycles. The molecule has 0 aliphatic carbocycles. The van der Waals surface area contributed by atoms with Crippen molar-refractivity contribution in [2.24, 2.45) is 5.92 Å². The smallest absolute Gasteiger partial charge is 0.246 e. The Bertz CT molecular complexity index is 1630. The summed E-state index contributed by atoms with van der Waals surface area (Å²) >= 11 is 0. The summed E-state index contributed by atoms with van der Waals surface area (Å²) in [6.45, 7) is 8.49. The number of carbonyl (C=O) groups is 2. The minimum absolute atomic E-state index is 0.0288. The van der Waals surface area contributed by atoms with E-state index in [1.54, 1.807) is 15.6 Å². The molecule has 2 aromatic heterocycles. The van der Waals surface area contributed by atoms with E-state index in [0.717, 1.165) is 53.9 Å². The Labute approximate surface area is 233 Å². The number of Topliss-reactive ketones (excluding diaryl/α,β-unsaturated/α-hetero) is 1. The number of hydrogen-bond acceptors (Lipinski definition) is 6. The van der Waals surface area contributed by atoms with Gasteiger partial charge in [-0.1, -0.05) is 43.0 Å². The van der Waals surface area contributed by atoms with Crippen LogP contribution in [0.15, 0.2) is 79.6 Å². The predicted octanol–water partition coefficient (Wildman–Crippen LogP) is 4.12. The third kappa shape index (κ3) is 4.65. The number of amides is 1. The molecule has 0 N–H and O–H groups in total. The van der Waals surface area contributed by atoms with Crippen LogP contribution >= 0.6 is 0 Å². The summed E-state index contributed by atoms with van der Waals surface area (Å²) in [5.74, 6) is -0.314. The van der Waals surface area contributed by atoms with Crippen LogP contribution in [0.1, 0.15) is 15.9 Å². The highest BCUT2D eigenvalue weighted by Gasteiger charge is 2.35. The van der Waals surface area contributed by atoms with Gasteiger partial charge in [0.15, 0.2) is 5.78 Å². The van der Waals surface area contributed by atoms with Gasteiger partial charge in [0.05, 0.1) is 23.2 Å². The summed E-state index contributed by atoms with van der Waals surface area (Å²) in [5, 5.41) is 14.2. The van der Waals surface area contributed by atoms with Crippen molar-refractivity contribution >= 4 is 22.9 Å². The number of anilines is 1. The molecule has 40 heavy (non-hydrogen) atoms. The number of pyridine rings is 1. The van der Waals surface area contributed by atoms with Crippen LogP contribution in [0.3, 0.4) is 0 Å². The van der Waals surface area contributed by atoms with Crippen LogP contribution in [0.2, 0.25) is 0 Å². The number of ketones is 1. The molecule has 2 aliphatic heterocycles. The molecule has 6 rings (SSSR count). The first-order chi connectivity index (χ1) is 19.4. The zero-order chi connectivity index (χ0) is 27.8. The molecule has 4 heterocycles. The van der Waals surface area contributed by atoms with E-state index in [1.807, 2.05) is 30.5 Å². The van der Waals surface area contributed by atoms with Gasteiger partial charge in [-0.25, -0.2) is 4.52 Å². The molecule has 2 aromatic carbocycles. The number of hydrogen-bond donors (Lipinski definition) is 0. The number of aromatic nitrogens is 2. The lowest BCUT2D eigenvalue weighted by atomic mass is 9.89. The van der Waals surface area contributed by atoms with Gasteiger partial charge in [0.1, 0.15) is 6.07 Å². The van der Waals surface area contributed by atoms with Gasteiger partial charge in [-0.2, -0.15) is 10.4 Å². The van der Waals surface area contributed by atoms with E-state index in [0.29, 0.717) is 24.2 Å². The molecule has 4 aromatic rings. The molecule has 8 heteroatoms. The Balaban J connectivity index is 1.29. The highest BCUT2D eigenvalue weighted by atomic mass is 16.2. The van der Waals surface area contributed by atoms with Crippen LogP contribution in [0.25, 0.3) is 27.8 Å². The standard InChI is InChI=1S/C32H30N6O2/c1-3-30(39)37-19-27(20-37)32(40)24-6-4-23(5-7-24)29-16-25(21-38-31(29)26(17-33)18-34-38)22-8-10-28(11-9-22)36-14-12-35(2)13-15-36/h3-11,16,18,21,27H,1,12-15,19-20H2,2H3. The van der Waals surface area contributed by atoms with Gasteiger partial charge in [-0.05, 0) is 42.4 Å². The number of likely N-dealkylation sites (N-methyl/N-ethyl adjacent to an activating group) is 1. The van der Waals surface area contributed by atoms with E-state index in [4.69, 9.17) is 0 Å². The van der Waals surface area contributed by atoms with Crippen molar-refractivity contribution in [3.05, 3.63) is 90.8 Å². The molecule has 2 fully saturated rings. The summed E-state index contributed by atoms with van der Waals surface area (Å²) in [6, 6.07) is 20.4. The summed E-state index contributed by atoms with van der Waals surface area (Å²) in [6.07, 6.45) is 4.82. The second kappa shape index (κ2) is 10.4. The fraction of sp³-hybridized carbons (Fsp3) is 0.250. The van der Waals surface area contributed by atoms with Crippen molar-refractivity contribution in [2.45, 2.75) is 0 Å². The van der Waals surface area contributed by atoms with E-state index in [-0.39, 0.29) is 17.6 Å². The van der Waals surface area contributed by atoms with Crippen LogP contribution in [-0.2, 0) is 4.79 Å². The van der Waals surface area contributed by atoms with E-state index >= 15 is 0 Å². The van der Waals surface area contributed by atoms with E-state index in [2.05, 4.69) is 64.9 Å². The number of carbonyl (C=O) groups excluding carboxylic acids is 2. The molecular formula is C32H30N6O2. The van der Waals surface area contributed by atoms with Gasteiger partial charge >= 0.3 is 0 Å². The molecule has 0 saturated carbocycles. The molecule has 0 atom stereocenters. The number of rotatable bonds is 6. The van der Waals surface area contributed by atoms with E-state index < -0.39 is 0 Å². The topological polar surface area (TPSA) is 85.0 Å². The highest BCUT2D eigenvalue weighted by Crippen LogP contribution is 2.33. The summed E-state index contributed by atoms with van der Waals surface area (Å²) < 4.78 is 1.76. The van der Waals surface area contributed by atoms with Crippen LogP contribution < -0.4 is 4.90 Å². The molecule has 8 nitrogen and oxygen atoms in total. The number of fused-ring (bicyclic) bond motifs is 1. The zero-order valence-corrected chi connectivity index (χ0v) is 22.5. The first-order valence-electron chi connectivity index (χ1n) is 13.5. The minimum Gasteiger partial charge on any atom is -0.369 e. The fourth-order valence-electron chi connectivity index (χ4n) is 5.51. The van der Waals surface area contributed by atoms with E-state index in [9.17, 15) is 14.9 Å². The SMILES string of the molecule is C=CC(=O)N1CC(C(=O)c2ccc(-c3cc(-c4ccc(N5CCN(C)CC5)cc4)cn4ncc(C#N)c34)cc2)C1. The Kier molecular flexibility index (Phi) is 6.66. The number of likely N-dealkylation sites (tertiary alicyclic amines) is 1. The van der Waals surface area contributed by atoms with Crippen molar-refractivity contribution in [1.82, 2.24) is 19.4 Å². The van der Waals surface area contributed by atoms with Gasteiger partial charge in [0.25, 0.3) is 0 Å². The third-order valence-corrected chi connectivity index (χ3v) is 8.02. The average molecular weight is 531 g/mol. The molecular weight excluding hydrogens is 500 g/mol. The second-order valence-electron chi connectivity index (χ2n) is 10.5. The van der Waals surface area contributed by atoms with Crippen molar-refractivity contribution < 1.29 is 9.59 Å². The van der Waals surface area contributed by atoms with Crippen LogP contribution in [0.4, 0.5) is 5.69 Å². The molecule has 1 amide bonds. The summed E-state index contributed by atoms with van der Waals surface area (Å²) in [5.41, 5.74) is 6.87. The quantitative estimate of drug-likeness (QED) is 0.276. The molecule has 0 radical (unpaired) electrons. The second-order valence-corrected chi connectivity index (χ2v) is 10.5. The lowest BCUT2D eigenvalue weighted by Crippen LogP contribution is -2.52. The fourth-order valence-corrected chi connectivity index (χ4v) is 5.51. The van der Waals surface area contributed by atoms with Crippen LogP contribution in [0.5, 0.6) is 0 Å². The van der Waals surface area contributed by atoms with Gasteiger partial charge in [-0.15, -0.1) is 0 Å². The number of benzene rings is 2. The zero-order valence-electron chi connectivity index (χ0n) is 22.5. The first kappa shape index (κ1) is 25.5. The highest BCUT2D eigenvalue weighted by molar-refractivity contribution is 6.01. The largest absolute Gasteiger partial charge is 0.369 e. The average Bonchev–Trinajstić information content (AvgIpc) is 3.39. The first-order valence-corrected chi connectivity index (χ1v) is 13.5. The van der Waals surface area contributed by atoms with Crippen LogP contribution in [0, 0.1) is 17.2 Å². The predicted molar refractivity (Wildman–Crippen MR) is 155 cm³/mol. The molecule has 0 unspecified atom stereocenters. The Hall–Kier alpha value is -4.74. The molecule has 200 valence electrons. The molecule has 0 bridgehead atoms. The number of nitrogens with zero attached hydrogens (tertiary/aromatic N) is 6. The van der Waals surface area contributed by atoms with Crippen molar-refractivity contribution in [1.29, 1.82) is 5.26 Å². The third-order valence-electron chi connectivity index (χ3n) is 8.02. The normalized spacial score (nSPS) is 16.0. The van der Waals surface area contributed by atoms with Crippen LogP contribution in [-0.4, -0.2) is 77.4 Å². The van der Waals surface area contributed by atoms with E-state index in [1.165, 1.54) is 11.8 Å². The Morgan fingerprint density at radius 3 is 2.30 bits per heavy atom. The molecule has 0 spiro atoms. The maximum Gasteiger partial charge on any atom is 0.246 e. The minimum atomic E-state index is -0.196. The number of piperazine rings is 1. The Morgan fingerprint density at radius 1 is 0.975 bits per heavy atom. The van der Waals surface area contributed by atoms with Gasteiger partial charge in [0, 0.05) is 67.8 Å². The Morgan fingerprint density at radius 2 is 1.65 bits per heavy atom. The number of nitriles is 1. The maximum atomic E-state index is 13.0. The lowest BCUT2D eigenvalue weighted by molar-refractivity contribution is -0.130. The summed E-state index contributed by atoms with van der Waals surface area (Å²) in [4.78, 5) is 31.1. The van der Waals surface area contributed by atoms with Gasteiger partial charge in [-0.3, -0.25) is 9.59 Å². The lowest BCUT2D eigenvalue weighted by Gasteiger charge is -2.37.